The van der Waals surface area contributed by atoms with Crippen LogP contribution < -0.4 is 0 Å². The van der Waals surface area contributed by atoms with Crippen molar-refractivity contribution < 1.29 is 14.3 Å². The number of hydrogen-bond acceptors (Lipinski definition) is 3. The quantitative estimate of drug-likeness (QED) is 0.713. The first-order valence-electron chi connectivity index (χ1n) is 9.65. The monoisotopic (exact) mass is 345 g/mol. The maximum absolute atomic E-state index is 13.1. The largest absolute Gasteiger partial charge is 0.466 e. The summed E-state index contributed by atoms with van der Waals surface area (Å²) in [6.07, 6.45) is 8.40. The lowest BCUT2D eigenvalue weighted by Gasteiger charge is -2.33. The van der Waals surface area contributed by atoms with Crippen LogP contribution in [0, 0.1) is 6.92 Å². The lowest BCUT2D eigenvalue weighted by molar-refractivity contribution is -0.143. The highest BCUT2D eigenvalue weighted by Crippen LogP contribution is 2.23. The fraction of sp³-hybridized carbons (Fsp3) is 0.619. The molecule has 0 saturated heterocycles. The summed E-state index contributed by atoms with van der Waals surface area (Å²) in [4.78, 5) is 26.9. The van der Waals surface area contributed by atoms with E-state index >= 15 is 0 Å². The Morgan fingerprint density at radius 2 is 1.80 bits per heavy atom. The van der Waals surface area contributed by atoms with Gasteiger partial charge in [0, 0.05) is 18.2 Å². The van der Waals surface area contributed by atoms with Gasteiger partial charge in [-0.15, -0.1) is 0 Å². The van der Waals surface area contributed by atoms with Crippen LogP contribution in [0.2, 0.25) is 0 Å². The molecule has 0 radical (unpaired) electrons. The average molecular weight is 345 g/mol. The number of carbonyl (C=O) groups excluding carboxylic acids is 2. The molecule has 2 rings (SSSR count). The molecule has 1 fully saturated rings. The van der Waals surface area contributed by atoms with Crippen molar-refractivity contribution >= 4 is 11.9 Å². The van der Waals surface area contributed by atoms with Gasteiger partial charge in [-0.05, 0) is 38.8 Å². The van der Waals surface area contributed by atoms with Gasteiger partial charge in [-0.3, -0.25) is 9.59 Å². The molecule has 0 heterocycles. The minimum absolute atomic E-state index is 0.0403. The van der Waals surface area contributed by atoms with Crippen molar-refractivity contribution in [1.82, 2.24) is 4.90 Å². The topological polar surface area (TPSA) is 46.6 Å². The fourth-order valence-corrected chi connectivity index (χ4v) is 3.59. The molecule has 0 aromatic heterocycles. The van der Waals surface area contributed by atoms with Gasteiger partial charge in [-0.1, -0.05) is 49.8 Å². The molecule has 0 unspecified atom stereocenters. The summed E-state index contributed by atoms with van der Waals surface area (Å²) in [5.74, 6) is -0.186. The van der Waals surface area contributed by atoms with E-state index in [1.807, 2.05) is 43.0 Å². The summed E-state index contributed by atoms with van der Waals surface area (Å²) in [6, 6.07) is 7.95. The molecular weight excluding hydrogens is 314 g/mol. The van der Waals surface area contributed by atoms with Gasteiger partial charge in [-0.2, -0.15) is 0 Å². The van der Waals surface area contributed by atoms with E-state index in [1.54, 1.807) is 0 Å². The Labute approximate surface area is 151 Å². The molecular formula is C21H31NO3. The molecule has 138 valence electrons. The van der Waals surface area contributed by atoms with Crippen molar-refractivity contribution in [2.24, 2.45) is 0 Å². The summed E-state index contributed by atoms with van der Waals surface area (Å²) in [5.41, 5.74) is 1.79. The predicted molar refractivity (Wildman–Crippen MR) is 99.6 cm³/mol. The van der Waals surface area contributed by atoms with Crippen LogP contribution in [0.4, 0.5) is 0 Å². The maximum atomic E-state index is 13.1. The van der Waals surface area contributed by atoms with Crippen molar-refractivity contribution in [3.05, 3.63) is 35.4 Å². The van der Waals surface area contributed by atoms with E-state index < -0.39 is 0 Å². The van der Waals surface area contributed by atoms with Gasteiger partial charge in [0.15, 0.2) is 0 Å². The second-order valence-corrected chi connectivity index (χ2v) is 6.92. The minimum atomic E-state index is -0.226. The van der Waals surface area contributed by atoms with Gasteiger partial charge < -0.3 is 9.64 Å². The third-order valence-corrected chi connectivity index (χ3v) is 4.90. The molecule has 0 bridgehead atoms. The van der Waals surface area contributed by atoms with Crippen LogP contribution in [0.1, 0.15) is 74.2 Å². The number of esters is 1. The molecule has 0 spiro atoms. The van der Waals surface area contributed by atoms with Crippen LogP contribution in [0.25, 0.3) is 0 Å². The van der Waals surface area contributed by atoms with Crippen molar-refractivity contribution in [3.63, 3.8) is 0 Å². The average Bonchev–Trinajstić information content (AvgIpc) is 2.56. The molecule has 0 atom stereocenters. The van der Waals surface area contributed by atoms with Crippen LogP contribution >= 0.6 is 0 Å². The number of rotatable bonds is 6. The summed E-state index contributed by atoms with van der Waals surface area (Å²) in [5, 5.41) is 0. The zero-order valence-corrected chi connectivity index (χ0v) is 15.6. The second-order valence-electron chi connectivity index (χ2n) is 6.92. The molecule has 25 heavy (non-hydrogen) atoms. The van der Waals surface area contributed by atoms with Crippen molar-refractivity contribution in [3.8, 4) is 0 Å². The molecule has 4 heteroatoms. The van der Waals surface area contributed by atoms with Crippen LogP contribution in [0.15, 0.2) is 24.3 Å². The van der Waals surface area contributed by atoms with Gasteiger partial charge in [0.05, 0.1) is 13.0 Å². The Bertz CT molecular complexity index is 562. The molecule has 1 aromatic carbocycles. The number of ether oxygens (including phenoxy) is 1. The molecule has 1 aliphatic carbocycles. The summed E-state index contributed by atoms with van der Waals surface area (Å²) >= 11 is 0. The zero-order valence-electron chi connectivity index (χ0n) is 15.6. The molecule has 0 N–H and O–H groups in total. The van der Waals surface area contributed by atoms with E-state index in [1.165, 1.54) is 19.3 Å². The van der Waals surface area contributed by atoms with Gasteiger partial charge in [-0.25, -0.2) is 0 Å². The van der Waals surface area contributed by atoms with E-state index in [4.69, 9.17) is 4.74 Å². The summed E-state index contributed by atoms with van der Waals surface area (Å²) < 4.78 is 5.05. The molecule has 1 aromatic rings. The highest BCUT2D eigenvalue weighted by Gasteiger charge is 2.25. The Kier molecular flexibility index (Phi) is 7.96. The van der Waals surface area contributed by atoms with E-state index in [-0.39, 0.29) is 24.3 Å². The molecule has 4 nitrogen and oxygen atoms in total. The Balaban J connectivity index is 2.14. The van der Waals surface area contributed by atoms with Crippen LogP contribution in [-0.2, 0) is 9.53 Å². The van der Waals surface area contributed by atoms with Gasteiger partial charge in [0.1, 0.15) is 0 Å². The first-order chi connectivity index (χ1) is 12.1. The smallest absolute Gasteiger partial charge is 0.307 e. The summed E-state index contributed by atoms with van der Waals surface area (Å²) in [7, 11) is 0. The number of nitrogens with zero attached hydrogens (tertiary/aromatic N) is 1. The van der Waals surface area contributed by atoms with Crippen LogP contribution in [0.5, 0.6) is 0 Å². The van der Waals surface area contributed by atoms with Gasteiger partial charge in [0.2, 0.25) is 0 Å². The number of carbonyl (C=O) groups is 2. The normalized spacial score (nSPS) is 15.9. The maximum Gasteiger partial charge on any atom is 0.307 e. The van der Waals surface area contributed by atoms with E-state index in [9.17, 15) is 9.59 Å². The van der Waals surface area contributed by atoms with E-state index in [2.05, 4.69) is 0 Å². The number of hydrogen-bond donors (Lipinski definition) is 0. The SMILES string of the molecule is CCOC(=O)CCN(C(=O)c1cccc(C)c1)C1CCCCCCC1. The molecule has 1 aliphatic rings. The van der Waals surface area contributed by atoms with Crippen molar-refractivity contribution in [2.45, 2.75) is 71.3 Å². The summed E-state index contributed by atoms with van der Waals surface area (Å²) in [6.45, 7) is 4.63. The van der Waals surface area contributed by atoms with E-state index in [0.29, 0.717) is 18.7 Å². The number of aryl methyl sites for hydroxylation is 1. The van der Waals surface area contributed by atoms with Crippen LogP contribution in [0.3, 0.4) is 0 Å². The predicted octanol–water partition coefficient (Wildman–Crippen LogP) is 4.50. The standard InChI is InChI=1S/C21H31NO3/c1-3-25-20(23)14-15-22(19-12-7-5-4-6-8-13-19)21(24)18-11-9-10-17(2)16-18/h9-11,16,19H,3-8,12-15H2,1-2H3. The lowest BCUT2D eigenvalue weighted by atomic mass is 9.94. The Hall–Kier alpha value is -1.84. The third-order valence-electron chi connectivity index (χ3n) is 4.90. The van der Waals surface area contributed by atoms with Crippen molar-refractivity contribution in [1.29, 1.82) is 0 Å². The highest BCUT2D eigenvalue weighted by molar-refractivity contribution is 5.94. The second kappa shape index (κ2) is 10.2. The van der Waals surface area contributed by atoms with E-state index in [0.717, 1.165) is 31.2 Å². The minimum Gasteiger partial charge on any atom is -0.466 e. The van der Waals surface area contributed by atoms with Gasteiger partial charge in [0.25, 0.3) is 5.91 Å². The zero-order chi connectivity index (χ0) is 18.1. The molecule has 1 saturated carbocycles. The van der Waals surface area contributed by atoms with Crippen LogP contribution in [-0.4, -0.2) is 36.0 Å². The first kappa shape index (κ1) is 19.5. The first-order valence-corrected chi connectivity index (χ1v) is 9.65. The van der Waals surface area contributed by atoms with Gasteiger partial charge >= 0.3 is 5.97 Å². The van der Waals surface area contributed by atoms with Crippen molar-refractivity contribution in [2.75, 3.05) is 13.2 Å². The highest BCUT2D eigenvalue weighted by atomic mass is 16.5. The number of benzene rings is 1. The lowest BCUT2D eigenvalue weighted by Crippen LogP contribution is -2.42. The fourth-order valence-electron chi connectivity index (χ4n) is 3.59. The molecule has 0 aliphatic heterocycles. The molecule has 1 amide bonds. The Morgan fingerprint density at radius 1 is 1.12 bits per heavy atom. The third kappa shape index (κ3) is 6.18. The Morgan fingerprint density at radius 3 is 2.44 bits per heavy atom. The number of amides is 1.